The standard InChI is InChI=1S/C20H19FN2O4S2/c1-15-2-5-19(28(24,25)18-6-3-17(21)4-7-18)14-20(15)29(26,27)23-13-10-16-8-11-22-12-9-16/h2-9,11-12,14,23H,10,13H2,1H3. The smallest absolute Gasteiger partial charge is 0.240 e. The molecule has 29 heavy (non-hydrogen) atoms. The molecule has 1 heterocycles. The van der Waals surface area contributed by atoms with Gasteiger partial charge in [0.05, 0.1) is 14.7 Å². The molecule has 0 bridgehead atoms. The molecule has 0 amide bonds. The van der Waals surface area contributed by atoms with E-state index < -0.39 is 25.7 Å². The lowest BCUT2D eigenvalue weighted by molar-refractivity contribution is 0.580. The molecule has 3 rings (SSSR count). The van der Waals surface area contributed by atoms with E-state index in [1.54, 1.807) is 31.5 Å². The first-order chi connectivity index (χ1) is 13.7. The van der Waals surface area contributed by atoms with Gasteiger partial charge in [0.25, 0.3) is 0 Å². The van der Waals surface area contributed by atoms with Gasteiger partial charge in [-0.15, -0.1) is 0 Å². The average molecular weight is 435 g/mol. The molecule has 0 aliphatic carbocycles. The fraction of sp³-hybridized carbons (Fsp3) is 0.150. The normalized spacial score (nSPS) is 12.1. The molecule has 0 fully saturated rings. The van der Waals surface area contributed by atoms with Crippen LogP contribution in [0.2, 0.25) is 0 Å². The minimum atomic E-state index is -3.98. The van der Waals surface area contributed by atoms with Crippen LogP contribution < -0.4 is 4.72 Å². The minimum Gasteiger partial charge on any atom is -0.265 e. The molecule has 0 unspecified atom stereocenters. The maximum absolute atomic E-state index is 13.1. The molecule has 6 nitrogen and oxygen atoms in total. The number of hydrogen-bond donors (Lipinski definition) is 1. The lowest BCUT2D eigenvalue weighted by Crippen LogP contribution is -2.27. The summed E-state index contributed by atoms with van der Waals surface area (Å²) in [5.41, 5.74) is 1.34. The van der Waals surface area contributed by atoms with E-state index >= 15 is 0 Å². The zero-order valence-electron chi connectivity index (χ0n) is 15.5. The van der Waals surface area contributed by atoms with Gasteiger partial charge >= 0.3 is 0 Å². The van der Waals surface area contributed by atoms with Crippen LogP contribution in [0.15, 0.2) is 81.7 Å². The topological polar surface area (TPSA) is 93.2 Å². The number of nitrogens with zero attached hydrogens (tertiary/aromatic N) is 1. The molecular formula is C20H19FN2O4S2. The van der Waals surface area contributed by atoms with Crippen LogP contribution in [-0.4, -0.2) is 28.4 Å². The summed E-state index contributed by atoms with van der Waals surface area (Å²) in [5, 5.41) is 0. The van der Waals surface area contributed by atoms with Gasteiger partial charge in [-0.25, -0.2) is 25.9 Å². The zero-order chi connectivity index (χ0) is 21.1. The number of aryl methyl sites for hydroxylation is 1. The van der Waals surface area contributed by atoms with E-state index in [-0.39, 0.29) is 21.2 Å². The summed E-state index contributed by atoms with van der Waals surface area (Å²) < 4.78 is 66.7. The molecule has 1 N–H and O–H groups in total. The van der Waals surface area contributed by atoms with Gasteiger partial charge in [0.2, 0.25) is 19.9 Å². The summed E-state index contributed by atoms with van der Waals surface area (Å²) in [5.74, 6) is -0.561. The van der Waals surface area contributed by atoms with Crippen molar-refractivity contribution in [3.8, 4) is 0 Å². The first-order valence-corrected chi connectivity index (χ1v) is 11.7. The number of benzene rings is 2. The van der Waals surface area contributed by atoms with E-state index in [4.69, 9.17) is 0 Å². The molecule has 3 aromatic rings. The Morgan fingerprint density at radius 3 is 2.17 bits per heavy atom. The van der Waals surface area contributed by atoms with Crippen LogP contribution in [-0.2, 0) is 26.3 Å². The van der Waals surface area contributed by atoms with Crippen molar-refractivity contribution in [3.05, 3.63) is 83.9 Å². The molecule has 0 aliphatic rings. The lowest BCUT2D eigenvalue weighted by atomic mass is 10.2. The Bertz CT molecular complexity index is 1210. The van der Waals surface area contributed by atoms with E-state index in [0.717, 1.165) is 35.9 Å². The quantitative estimate of drug-likeness (QED) is 0.577. The zero-order valence-corrected chi connectivity index (χ0v) is 17.2. The van der Waals surface area contributed by atoms with Crippen molar-refractivity contribution in [1.82, 2.24) is 9.71 Å². The van der Waals surface area contributed by atoms with Crippen molar-refractivity contribution in [2.75, 3.05) is 6.54 Å². The van der Waals surface area contributed by atoms with Gasteiger partial charge in [0, 0.05) is 18.9 Å². The monoisotopic (exact) mass is 434 g/mol. The van der Waals surface area contributed by atoms with Gasteiger partial charge in [-0.3, -0.25) is 4.98 Å². The Balaban J connectivity index is 1.87. The first-order valence-electron chi connectivity index (χ1n) is 8.70. The lowest BCUT2D eigenvalue weighted by Gasteiger charge is -2.12. The highest BCUT2D eigenvalue weighted by Gasteiger charge is 2.23. The van der Waals surface area contributed by atoms with Crippen molar-refractivity contribution in [1.29, 1.82) is 0 Å². The summed E-state index contributed by atoms with van der Waals surface area (Å²) in [7, 11) is -7.91. The molecule has 0 radical (unpaired) electrons. The minimum absolute atomic E-state index is 0.114. The molecule has 0 saturated heterocycles. The fourth-order valence-corrected chi connectivity index (χ4v) is 5.41. The molecule has 0 aliphatic heterocycles. The third kappa shape index (κ3) is 4.87. The van der Waals surface area contributed by atoms with E-state index in [2.05, 4.69) is 9.71 Å². The average Bonchev–Trinajstić information content (AvgIpc) is 2.69. The third-order valence-corrected chi connectivity index (χ3v) is 7.71. The van der Waals surface area contributed by atoms with Crippen molar-refractivity contribution in [3.63, 3.8) is 0 Å². The largest absolute Gasteiger partial charge is 0.265 e. The van der Waals surface area contributed by atoms with Crippen LogP contribution in [0.4, 0.5) is 4.39 Å². The Hall–Kier alpha value is -2.62. The van der Waals surface area contributed by atoms with Crippen LogP contribution in [0.25, 0.3) is 0 Å². The SMILES string of the molecule is Cc1ccc(S(=O)(=O)c2ccc(F)cc2)cc1S(=O)(=O)NCCc1ccncc1. The van der Waals surface area contributed by atoms with E-state index in [0.29, 0.717) is 12.0 Å². The predicted octanol–water partition coefficient (Wildman–Crippen LogP) is 2.88. The summed E-state index contributed by atoms with van der Waals surface area (Å²) in [6.45, 7) is 1.74. The Labute approximate surface area is 169 Å². The van der Waals surface area contributed by atoms with Gasteiger partial charge in [-0.1, -0.05) is 6.07 Å². The summed E-state index contributed by atoms with van der Waals surface area (Å²) in [6, 6.07) is 11.8. The molecule has 0 saturated carbocycles. The Kier molecular flexibility index (Phi) is 6.11. The number of sulfone groups is 1. The number of halogens is 1. The highest BCUT2D eigenvalue weighted by molar-refractivity contribution is 7.91. The van der Waals surface area contributed by atoms with Gasteiger partial charge in [-0.2, -0.15) is 0 Å². The second-order valence-electron chi connectivity index (χ2n) is 6.39. The maximum atomic E-state index is 13.1. The van der Waals surface area contributed by atoms with Crippen LogP contribution in [0.3, 0.4) is 0 Å². The third-order valence-electron chi connectivity index (χ3n) is 4.34. The van der Waals surface area contributed by atoms with Gasteiger partial charge in [0.1, 0.15) is 5.82 Å². The molecule has 1 aromatic heterocycles. The van der Waals surface area contributed by atoms with Crippen molar-refractivity contribution in [2.24, 2.45) is 0 Å². The van der Waals surface area contributed by atoms with Crippen LogP contribution >= 0.6 is 0 Å². The molecule has 0 spiro atoms. The Morgan fingerprint density at radius 1 is 0.897 bits per heavy atom. The molecular weight excluding hydrogens is 415 g/mol. The summed E-state index contributed by atoms with van der Waals surface area (Å²) in [6.07, 6.45) is 3.71. The fourth-order valence-electron chi connectivity index (χ4n) is 2.74. The number of sulfonamides is 1. The number of aromatic nitrogens is 1. The summed E-state index contributed by atoms with van der Waals surface area (Å²) in [4.78, 5) is 3.50. The second kappa shape index (κ2) is 8.40. The summed E-state index contributed by atoms with van der Waals surface area (Å²) >= 11 is 0. The van der Waals surface area contributed by atoms with Crippen LogP contribution in [0.1, 0.15) is 11.1 Å². The Morgan fingerprint density at radius 2 is 1.52 bits per heavy atom. The molecule has 2 aromatic carbocycles. The van der Waals surface area contributed by atoms with Crippen LogP contribution in [0.5, 0.6) is 0 Å². The van der Waals surface area contributed by atoms with Gasteiger partial charge in [0.15, 0.2) is 0 Å². The molecule has 152 valence electrons. The predicted molar refractivity (Wildman–Crippen MR) is 106 cm³/mol. The number of pyridine rings is 1. The van der Waals surface area contributed by atoms with Crippen molar-refractivity contribution in [2.45, 2.75) is 28.0 Å². The van der Waals surface area contributed by atoms with Gasteiger partial charge in [-0.05, 0) is 73.0 Å². The first kappa shape index (κ1) is 21.1. The second-order valence-corrected chi connectivity index (χ2v) is 10.1. The molecule has 9 heteroatoms. The number of nitrogens with one attached hydrogen (secondary N) is 1. The maximum Gasteiger partial charge on any atom is 0.240 e. The van der Waals surface area contributed by atoms with Crippen molar-refractivity contribution < 1.29 is 21.2 Å². The number of hydrogen-bond acceptors (Lipinski definition) is 5. The van der Waals surface area contributed by atoms with Crippen LogP contribution in [0, 0.1) is 12.7 Å². The number of rotatable bonds is 7. The van der Waals surface area contributed by atoms with E-state index in [1.165, 1.54) is 12.1 Å². The van der Waals surface area contributed by atoms with E-state index in [9.17, 15) is 21.2 Å². The van der Waals surface area contributed by atoms with Gasteiger partial charge < -0.3 is 0 Å². The van der Waals surface area contributed by atoms with Crippen molar-refractivity contribution >= 4 is 19.9 Å². The highest BCUT2D eigenvalue weighted by Crippen LogP contribution is 2.25. The molecule has 0 atom stereocenters. The van der Waals surface area contributed by atoms with E-state index in [1.807, 2.05) is 0 Å². The highest BCUT2D eigenvalue weighted by atomic mass is 32.2.